The first-order valence-electron chi connectivity index (χ1n) is 5.80. The second-order valence-electron chi connectivity index (χ2n) is 5.54. The standard InChI is InChI=1S/C14H23NOS/c1-14(2,3)10-7-8-12(16-6)11(9-10)13(17)15(4)5/h7-9,13,17H,1-6H3. The Hall–Kier alpha value is -0.670. The topological polar surface area (TPSA) is 12.5 Å². The van der Waals surface area contributed by atoms with Crippen LogP contribution in [0.3, 0.4) is 0 Å². The summed E-state index contributed by atoms with van der Waals surface area (Å²) < 4.78 is 5.41. The van der Waals surface area contributed by atoms with Crippen LogP contribution in [0.1, 0.15) is 37.3 Å². The molecule has 0 saturated heterocycles. The molecule has 96 valence electrons. The number of rotatable bonds is 3. The Balaban J connectivity index is 3.25. The molecule has 0 spiro atoms. The van der Waals surface area contributed by atoms with Crippen molar-refractivity contribution in [1.82, 2.24) is 4.90 Å². The lowest BCUT2D eigenvalue weighted by Gasteiger charge is -2.25. The fourth-order valence-electron chi connectivity index (χ4n) is 1.68. The Morgan fingerprint density at radius 3 is 2.24 bits per heavy atom. The summed E-state index contributed by atoms with van der Waals surface area (Å²) in [7, 11) is 5.73. The fraction of sp³-hybridized carbons (Fsp3) is 0.571. The van der Waals surface area contributed by atoms with E-state index < -0.39 is 0 Å². The number of hydrogen-bond acceptors (Lipinski definition) is 3. The maximum absolute atomic E-state index is 5.41. The van der Waals surface area contributed by atoms with Crippen molar-refractivity contribution in [2.45, 2.75) is 31.6 Å². The Labute approximate surface area is 110 Å². The summed E-state index contributed by atoms with van der Waals surface area (Å²) >= 11 is 4.63. The average Bonchev–Trinajstić information content (AvgIpc) is 2.25. The molecule has 0 saturated carbocycles. The van der Waals surface area contributed by atoms with Crippen LogP contribution in [0.2, 0.25) is 0 Å². The van der Waals surface area contributed by atoms with Crippen LogP contribution < -0.4 is 4.74 Å². The molecule has 0 aliphatic carbocycles. The highest BCUT2D eigenvalue weighted by Crippen LogP contribution is 2.34. The number of ether oxygens (including phenoxy) is 1. The Bertz CT molecular complexity index is 382. The van der Waals surface area contributed by atoms with Gasteiger partial charge < -0.3 is 4.74 Å². The van der Waals surface area contributed by atoms with Crippen molar-refractivity contribution in [1.29, 1.82) is 0 Å². The van der Waals surface area contributed by atoms with Crippen molar-refractivity contribution in [2.75, 3.05) is 21.2 Å². The fourth-order valence-corrected chi connectivity index (χ4v) is 1.88. The maximum Gasteiger partial charge on any atom is 0.124 e. The normalized spacial score (nSPS) is 13.9. The van der Waals surface area contributed by atoms with Crippen LogP contribution in [0.5, 0.6) is 5.75 Å². The van der Waals surface area contributed by atoms with Crippen molar-refractivity contribution in [3.05, 3.63) is 29.3 Å². The lowest BCUT2D eigenvalue weighted by molar-refractivity contribution is 0.365. The van der Waals surface area contributed by atoms with Gasteiger partial charge in [-0.3, -0.25) is 4.90 Å². The van der Waals surface area contributed by atoms with Gasteiger partial charge in [-0.05, 0) is 37.2 Å². The summed E-state index contributed by atoms with van der Waals surface area (Å²) in [5.41, 5.74) is 2.56. The van der Waals surface area contributed by atoms with E-state index in [-0.39, 0.29) is 10.8 Å². The van der Waals surface area contributed by atoms with Crippen LogP contribution in [-0.2, 0) is 5.41 Å². The smallest absolute Gasteiger partial charge is 0.124 e. The summed E-state index contributed by atoms with van der Waals surface area (Å²) in [5.74, 6) is 0.895. The van der Waals surface area contributed by atoms with Gasteiger partial charge in [0.25, 0.3) is 0 Å². The summed E-state index contributed by atoms with van der Waals surface area (Å²) in [5, 5.41) is 0.0484. The van der Waals surface area contributed by atoms with Gasteiger partial charge in [-0.1, -0.05) is 26.8 Å². The SMILES string of the molecule is COc1ccc(C(C)(C)C)cc1C(S)N(C)C. The van der Waals surface area contributed by atoms with Crippen LogP contribution in [0.25, 0.3) is 0 Å². The third-order valence-electron chi connectivity index (χ3n) is 2.86. The number of methoxy groups -OCH3 is 1. The molecule has 0 aromatic heterocycles. The lowest BCUT2D eigenvalue weighted by Crippen LogP contribution is -2.17. The number of hydrogen-bond donors (Lipinski definition) is 1. The van der Waals surface area contributed by atoms with E-state index in [2.05, 4.69) is 50.4 Å². The zero-order valence-electron chi connectivity index (χ0n) is 11.6. The van der Waals surface area contributed by atoms with Crippen LogP contribution in [0, 0.1) is 0 Å². The van der Waals surface area contributed by atoms with Crippen molar-refractivity contribution < 1.29 is 4.74 Å². The Morgan fingerprint density at radius 1 is 1.24 bits per heavy atom. The van der Waals surface area contributed by atoms with Gasteiger partial charge >= 0.3 is 0 Å². The molecular weight excluding hydrogens is 230 g/mol. The third-order valence-corrected chi connectivity index (χ3v) is 3.60. The quantitative estimate of drug-likeness (QED) is 0.654. The van der Waals surface area contributed by atoms with Crippen molar-refractivity contribution in [3.8, 4) is 5.75 Å². The van der Waals surface area contributed by atoms with Gasteiger partial charge in [-0.15, -0.1) is 0 Å². The van der Waals surface area contributed by atoms with Gasteiger partial charge in [-0.25, -0.2) is 0 Å². The van der Waals surface area contributed by atoms with Gasteiger partial charge in [0, 0.05) is 5.56 Å². The van der Waals surface area contributed by atoms with Gasteiger partial charge in [0.05, 0.1) is 12.5 Å². The molecule has 0 aliphatic rings. The lowest BCUT2D eigenvalue weighted by atomic mass is 9.86. The molecule has 0 amide bonds. The Morgan fingerprint density at radius 2 is 1.82 bits per heavy atom. The van der Waals surface area contributed by atoms with Crippen LogP contribution in [0.15, 0.2) is 18.2 Å². The molecule has 0 bridgehead atoms. The van der Waals surface area contributed by atoms with Crippen LogP contribution >= 0.6 is 12.6 Å². The number of thiol groups is 1. The van der Waals surface area contributed by atoms with E-state index in [1.165, 1.54) is 5.56 Å². The molecule has 17 heavy (non-hydrogen) atoms. The van der Waals surface area contributed by atoms with E-state index >= 15 is 0 Å². The van der Waals surface area contributed by atoms with E-state index in [9.17, 15) is 0 Å². The largest absolute Gasteiger partial charge is 0.496 e. The first kappa shape index (κ1) is 14.4. The van der Waals surface area contributed by atoms with Gasteiger partial charge in [0.1, 0.15) is 5.75 Å². The first-order valence-corrected chi connectivity index (χ1v) is 6.32. The van der Waals surface area contributed by atoms with Crippen molar-refractivity contribution >= 4 is 12.6 Å². The third kappa shape index (κ3) is 3.39. The highest BCUT2D eigenvalue weighted by atomic mass is 32.1. The predicted molar refractivity (Wildman–Crippen MR) is 77.1 cm³/mol. The summed E-state index contributed by atoms with van der Waals surface area (Å²) in [6, 6.07) is 6.34. The molecule has 0 N–H and O–H groups in total. The molecule has 1 aromatic carbocycles. The molecule has 0 heterocycles. The first-order chi connectivity index (χ1) is 7.77. The molecule has 0 aliphatic heterocycles. The van der Waals surface area contributed by atoms with Crippen LogP contribution in [0.4, 0.5) is 0 Å². The minimum atomic E-state index is 0.0484. The van der Waals surface area contributed by atoms with E-state index in [0.717, 1.165) is 11.3 Å². The van der Waals surface area contributed by atoms with E-state index in [1.54, 1.807) is 7.11 Å². The summed E-state index contributed by atoms with van der Waals surface area (Å²) in [4.78, 5) is 2.06. The molecule has 2 nitrogen and oxygen atoms in total. The molecule has 0 fully saturated rings. The monoisotopic (exact) mass is 253 g/mol. The molecular formula is C14H23NOS. The highest BCUT2D eigenvalue weighted by molar-refractivity contribution is 7.80. The second kappa shape index (κ2) is 5.32. The van der Waals surface area contributed by atoms with Crippen molar-refractivity contribution in [3.63, 3.8) is 0 Å². The van der Waals surface area contributed by atoms with Gasteiger partial charge in [0.15, 0.2) is 0 Å². The molecule has 1 aromatic rings. The van der Waals surface area contributed by atoms with Crippen molar-refractivity contribution in [2.24, 2.45) is 0 Å². The molecule has 1 rings (SSSR count). The van der Waals surface area contributed by atoms with Gasteiger partial charge in [0.2, 0.25) is 0 Å². The van der Waals surface area contributed by atoms with E-state index in [4.69, 9.17) is 4.74 Å². The minimum absolute atomic E-state index is 0.0484. The van der Waals surface area contributed by atoms with Crippen LogP contribution in [-0.4, -0.2) is 26.1 Å². The predicted octanol–water partition coefficient (Wildman–Crippen LogP) is 3.48. The van der Waals surface area contributed by atoms with E-state index in [1.807, 2.05) is 20.2 Å². The zero-order valence-corrected chi connectivity index (χ0v) is 12.5. The minimum Gasteiger partial charge on any atom is -0.496 e. The number of benzene rings is 1. The molecule has 3 heteroatoms. The average molecular weight is 253 g/mol. The van der Waals surface area contributed by atoms with E-state index in [0.29, 0.717) is 0 Å². The highest BCUT2D eigenvalue weighted by Gasteiger charge is 2.19. The molecule has 1 atom stereocenters. The zero-order chi connectivity index (χ0) is 13.2. The molecule has 0 radical (unpaired) electrons. The van der Waals surface area contributed by atoms with Gasteiger partial charge in [-0.2, -0.15) is 12.6 Å². The number of nitrogens with zero attached hydrogens (tertiary/aromatic N) is 1. The molecule has 1 unspecified atom stereocenters. The summed E-state index contributed by atoms with van der Waals surface area (Å²) in [6.07, 6.45) is 0. The Kier molecular flexibility index (Phi) is 4.50. The second-order valence-corrected chi connectivity index (χ2v) is 6.03. The maximum atomic E-state index is 5.41. The summed E-state index contributed by atoms with van der Waals surface area (Å²) in [6.45, 7) is 6.63.